The summed E-state index contributed by atoms with van der Waals surface area (Å²) in [5, 5.41) is 6.98. The van der Waals surface area contributed by atoms with Gasteiger partial charge in [0.1, 0.15) is 0 Å². The van der Waals surface area contributed by atoms with E-state index in [9.17, 15) is 13.2 Å². The Bertz CT molecular complexity index is 1050. The maximum atomic E-state index is 12.0. The fourth-order valence-electron chi connectivity index (χ4n) is 3.63. The number of sulfone groups is 1. The summed E-state index contributed by atoms with van der Waals surface area (Å²) in [6.45, 7) is 4.79. The van der Waals surface area contributed by atoms with E-state index >= 15 is 0 Å². The molecule has 0 radical (unpaired) electrons. The molecule has 6 nitrogen and oxygen atoms in total. The van der Waals surface area contributed by atoms with E-state index < -0.39 is 9.84 Å². The van der Waals surface area contributed by atoms with Gasteiger partial charge in [-0.2, -0.15) is 0 Å². The highest BCUT2D eigenvalue weighted by Gasteiger charge is 2.23. The maximum Gasteiger partial charge on any atom is 0.227 e. The minimum atomic E-state index is -3.22. The van der Waals surface area contributed by atoms with Gasteiger partial charge in [0.2, 0.25) is 5.91 Å². The molecule has 160 valence electrons. The third kappa shape index (κ3) is 5.17. The van der Waals surface area contributed by atoms with Gasteiger partial charge >= 0.3 is 0 Å². The maximum absolute atomic E-state index is 12.0. The topological polar surface area (TPSA) is 78.5 Å². The lowest BCUT2D eigenvalue weighted by Crippen LogP contribution is -2.32. The summed E-state index contributed by atoms with van der Waals surface area (Å²) in [5.74, 6) is 0.170. The summed E-state index contributed by atoms with van der Waals surface area (Å²) in [4.78, 5) is 14.1. The van der Waals surface area contributed by atoms with Crippen LogP contribution in [0.15, 0.2) is 47.4 Å². The molecule has 30 heavy (non-hydrogen) atoms. The van der Waals surface area contributed by atoms with Gasteiger partial charge < -0.3 is 15.5 Å². The van der Waals surface area contributed by atoms with Gasteiger partial charge in [-0.15, -0.1) is 0 Å². The number of hydrogen-bond donors (Lipinski definition) is 2. The third-order valence-corrected chi connectivity index (χ3v) is 6.59. The van der Waals surface area contributed by atoms with Crippen LogP contribution in [0.3, 0.4) is 0 Å². The van der Waals surface area contributed by atoms with Crippen molar-refractivity contribution in [3.05, 3.63) is 53.6 Å². The lowest BCUT2D eigenvalue weighted by atomic mass is 10.1. The molecule has 1 atom stereocenters. The molecule has 0 unspecified atom stereocenters. The molecule has 1 amide bonds. The molecule has 3 rings (SSSR count). The van der Waals surface area contributed by atoms with Crippen LogP contribution in [0.1, 0.15) is 43.4 Å². The van der Waals surface area contributed by atoms with E-state index in [4.69, 9.17) is 12.2 Å². The summed E-state index contributed by atoms with van der Waals surface area (Å²) in [6.07, 6.45) is 3.49. The smallest absolute Gasteiger partial charge is 0.227 e. The van der Waals surface area contributed by atoms with Gasteiger partial charge in [0.25, 0.3) is 0 Å². The van der Waals surface area contributed by atoms with Crippen LogP contribution >= 0.6 is 12.2 Å². The number of amides is 1. The number of aryl methyl sites for hydroxylation is 1. The Morgan fingerprint density at radius 3 is 2.43 bits per heavy atom. The van der Waals surface area contributed by atoms with Crippen LogP contribution in [0.5, 0.6) is 0 Å². The molecule has 0 spiro atoms. The molecule has 2 aromatic carbocycles. The molecular formula is C22H27N3O3S2. The second-order valence-electron chi connectivity index (χ2n) is 7.55. The Morgan fingerprint density at radius 1 is 1.20 bits per heavy atom. The van der Waals surface area contributed by atoms with Crippen molar-refractivity contribution in [3.8, 4) is 0 Å². The molecule has 2 aromatic rings. The van der Waals surface area contributed by atoms with Crippen LogP contribution in [-0.4, -0.2) is 32.2 Å². The highest BCUT2D eigenvalue weighted by molar-refractivity contribution is 7.90. The van der Waals surface area contributed by atoms with Crippen molar-refractivity contribution >= 4 is 44.4 Å². The molecule has 1 aliphatic heterocycles. The third-order valence-electron chi connectivity index (χ3n) is 5.24. The van der Waals surface area contributed by atoms with Crippen molar-refractivity contribution < 1.29 is 13.2 Å². The first-order chi connectivity index (χ1) is 14.2. The van der Waals surface area contributed by atoms with Gasteiger partial charge in [-0.05, 0) is 73.4 Å². The van der Waals surface area contributed by atoms with Crippen LogP contribution in [0.2, 0.25) is 0 Å². The van der Waals surface area contributed by atoms with Gasteiger partial charge in [-0.1, -0.05) is 19.1 Å². The molecule has 1 aliphatic rings. The number of nitrogens with zero attached hydrogens (tertiary/aromatic N) is 1. The van der Waals surface area contributed by atoms with E-state index in [2.05, 4.69) is 10.6 Å². The van der Waals surface area contributed by atoms with E-state index in [-0.39, 0.29) is 11.9 Å². The molecule has 0 aromatic heterocycles. The lowest BCUT2D eigenvalue weighted by Gasteiger charge is -2.22. The average Bonchev–Trinajstić information content (AvgIpc) is 3.11. The van der Waals surface area contributed by atoms with E-state index in [0.29, 0.717) is 16.4 Å². The molecular weight excluding hydrogens is 418 g/mol. The Morgan fingerprint density at radius 2 is 1.90 bits per heavy atom. The summed E-state index contributed by atoms with van der Waals surface area (Å²) < 4.78 is 23.3. The van der Waals surface area contributed by atoms with Crippen molar-refractivity contribution in [1.29, 1.82) is 0 Å². The van der Waals surface area contributed by atoms with Crippen LogP contribution in [0.4, 0.5) is 11.4 Å². The molecule has 0 aliphatic carbocycles. The van der Waals surface area contributed by atoms with Gasteiger partial charge in [0.05, 0.1) is 10.9 Å². The standard InChI is InChI=1S/C22H27N3O3S2/c1-4-19(16-7-10-18(11-8-16)30(3,27)28)24-22(29)23-17-9-12-20(15(2)14-17)25-13-5-6-21(25)26/h7-12,14,19H,4-6,13H2,1-3H3,(H2,23,24,29)/t19-/m1/s1. The van der Waals surface area contributed by atoms with E-state index in [1.165, 1.54) is 6.26 Å². The molecule has 1 saturated heterocycles. The van der Waals surface area contributed by atoms with Gasteiger partial charge in [0, 0.05) is 30.6 Å². The summed E-state index contributed by atoms with van der Waals surface area (Å²) in [5.41, 5.74) is 3.77. The zero-order valence-electron chi connectivity index (χ0n) is 17.4. The van der Waals surface area contributed by atoms with Crippen LogP contribution in [-0.2, 0) is 14.6 Å². The van der Waals surface area contributed by atoms with Crippen LogP contribution < -0.4 is 15.5 Å². The Kier molecular flexibility index (Phi) is 6.77. The van der Waals surface area contributed by atoms with E-state index in [0.717, 1.165) is 41.9 Å². The molecule has 1 heterocycles. The number of anilines is 2. The zero-order chi connectivity index (χ0) is 21.9. The zero-order valence-corrected chi connectivity index (χ0v) is 19.1. The Labute approximate surface area is 183 Å². The SMILES string of the molecule is CC[C@@H](NC(=S)Nc1ccc(N2CCCC2=O)c(C)c1)c1ccc(S(C)(=O)=O)cc1. The summed E-state index contributed by atoms with van der Waals surface area (Å²) in [6, 6.07) is 12.7. The fourth-order valence-corrected chi connectivity index (χ4v) is 4.52. The number of rotatable bonds is 6. The second kappa shape index (κ2) is 9.14. The largest absolute Gasteiger partial charge is 0.356 e. The lowest BCUT2D eigenvalue weighted by molar-refractivity contribution is -0.117. The number of benzene rings is 2. The predicted molar refractivity (Wildman–Crippen MR) is 125 cm³/mol. The molecule has 2 N–H and O–H groups in total. The first kappa shape index (κ1) is 22.2. The molecule has 0 bridgehead atoms. The molecule has 0 saturated carbocycles. The van der Waals surface area contributed by atoms with Crippen molar-refractivity contribution in [2.75, 3.05) is 23.0 Å². The summed E-state index contributed by atoms with van der Waals surface area (Å²) >= 11 is 5.48. The second-order valence-corrected chi connectivity index (χ2v) is 9.97. The normalized spacial score (nSPS) is 15.2. The quantitative estimate of drug-likeness (QED) is 0.655. The Hall–Kier alpha value is -2.45. The number of thiocarbonyl (C=S) groups is 1. The van der Waals surface area contributed by atoms with Gasteiger partial charge in [-0.3, -0.25) is 4.79 Å². The number of hydrogen-bond acceptors (Lipinski definition) is 4. The minimum absolute atomic E-state index is 0.0406. The highest BCUT2D eigenvalue weighted by Crippen LogP contribution is 2.27. The van der Waals surface area contributed by atoms with Crippen molar-refractivity contribution in [2.24, 2.45) is 0 Å². The van der Waals surface area contributed by atoms with E-state index in [1.54, 1.807) is 12.1 Å². The van der Waals surface area contributed by atoms with Gasteiger partial charge in [-0.25, -0.2) is 8.42 Å². The number of carbonyl (C=O) groups excluding carboxylic acids is 1. The van der Waals surface area contributed by atoms with Crippen molar-refractivity contribution in [1.82, 2.24) is 5.32 Å². The van der Waals surface area contributed by atoms with Crippen molar-refractivity contribution in [3.63, 3.8) is 0 Å². The number of carbonyl (C=O) groups is 1. The molecule has 1 fully saturated rings. The van der Waals surface area contributed by atoms with Crippen molar-refractivity contribution in [2.45, 2.75) is 44.0 Å². The summed E-state index contributed by atoms with van der Waals surface area (Å²) in [7, 11) is -3.22. The fraction of sp³-hybridized carbons (Fsp3) is 0.364. The average molecular weight is 446 g/mol. The van der Waals surface area contributed by atoms with Crippen LogP contribution in [0.25, 0.3) is 0 Å². The Balaban J connectivity index is 1.66. The van der Waals surface area contributed by atoms with E-state index in [1.807, 2.05) is 49.1 Å². The van der Waals surface area contributed by atoms with Gasteiger partial charge in [0.15, 0.2) is 14.9 Å². The van der Waals surface area contributed by atoms with Crippen LogP contribution in [0, 0.1) is 6.92 Å². The minimum Gasteiger partial charge on any atom is -0.356 e. The molecule has 8 heteroatoms. The first-order valence-corrected chi connectivity index (χ1v) is 12.3. The number of nitrogens with one attached hydrogen (secondary N) is 2. The first-order valence-electron chi connectivity index (χ1n) is 9.97. The predicted octanol–water partition coefficient (Wildman–Crippen LogP) is 3.96. The monoisotopic (exact) mass is 445 g/mol. The highest BCUT2D eigenvalue weighted by atomic mass is 32.2.